The molecular weight excluding hydrogens is 360 g/mol. The maximum atomic E-state index is 12.3. The van der Waals surface area contributed by atoms with Gasteiger partial charge in [-0.05, 0) is 49.4 Å². The second-order valence-corrected chi connectivity index (χ2v) is 6.74. The minimum atomic E-state index is -2.47. The number of anilines is 2. The number of hydrogen-bond donors (Lipinski definition) is 2. The maximum Gasteiger partial charge on any atom is 0.288 e. The first-order valence-corrected chi connectivity index (χ1v) is 8.78. The predicted octanol–water partition coefficient (Wildman–Crippen LogP) is 4.89. The van der Waals surface area contributed by atoms with E-state index in [0.29, 0.717) is 39.3 Å². The van der Waals surface area contributed by atoms with E-state index < -0.39 is 11.8 Å². The molecule has 136 valence electrons. The average Bonchev–Trinajstić information content (AvgIpc) is 2.95. The average molecular weight is 377 g/mol. The number of carbonyl (C=O) groups excluding carboxylic acids is 1. The van der Waals surface area contributed by atoms with Crippen molar-refractivity contribution in [3.63, 3.8) is 0 Å². The van der Waals surface area contributed by atoms with Crippen LogP contribution in [0.15, 0.2) is 51.8 Å². The Morgan fingerprint density at radius 3 is 2.54 bits per heavy atom. The van der Waals surface area contributed by atoms with E-state index in [1.165, 1.54) is 0 Å². The number of hydrogen-bond acceptors (Lipinski definition) is 5. The Bertz CT molecular complexity index is 912. The van der Waals surface area contributed by atoms with Crippen LogP contribution in [0, 0.1) is 6.92 Å². The van der Waals surface area contributed by atoms with Crippen LogP contribution in [0.3, 0.4) is 0 Å². The highest BCUT2D eigenvalue weighted by Crippen LogP contribution is 2.26. The monoisotopic (exact) mass is 377 g/mol. The third-order valence-corrected chi connectivity index (χ3v) is 4.34. The van der Waals surface area contributed by atoms with Crippen LogP contribution >= 0.6 is 11.8 Å². The van der Waals surface area contributed by atoms with E-state index in [9.17, 15) is 13.6 Å². The van der Waals surface area contributed by atoms with Crippen molar-refractivity contribution in [1.29, 1.82) is 0 Å². The van der Waals surface area contributed by atoms with Gasteiger partial charge in [0.05, 0.1) is 0 Å². The van der Waals surface area contributed by atoms with Crippen molar-refractivity contribution in [2.24, 2.45) is 0 Å². The summed E-state index contributed by atoms with van der Waals surface area (Å²) in [6.07, 6.45) is 0. The number of nitrogens with one attached hydrogen (secondary N) is 2. The first-order chi connectivity index (χ1) is 12.4. The summed E-state index contributed by atoms with van der Waals surface area (Å²) < 4.78 is 30.1. The number of rotatable bonds is 6. The van der Waals surface area contributed by atoms with Crippen LogP contribution in [0.4, 0.5) is 20.2 Å². The van der Waals surface area contributed by atoms with Gasteiger partial charge in [-0.15, -0.1) is 0 Å². The normalized spacial score (nSPS) is 12.3. The molecule has 0 aliphatic carbocycles. The summed E-state index contributed by atoms with van der Waals surface area (Å²) >= 11 is 0.465. The Morgan fingerprint density at radius 1 is 1.15 bits per heavy atom. The molecule has 0 radical (unpaired) electrons. The largest absolute Gasteiger partial charge is 0.441 e. The molecule has 1 heterocycles. The lowest BCUT2D eigenvalue weighted by atomic mass is 10.2. The summed E-state index contributed by atoms with van der Waals surface area (Å²) in [6, 6.07) is 11.2. The fourth-order valence-corrected chi connectivity index (χ4v) is 2.92. The van der Waals surface area contributed by atoms with Gasteiger partial charge in [-0.3, -0.25) is 4.79 Å². The van der Waals surface area contributed by atoms with Crippen molar-refractivity contribution in [3.8, 4) is 0 Å². The number of oxazole rings is 1. The van der Waals surface area contributed by atoms with Crippen LogP contribution in [-0.2, 0) is 4.79 Å². The molecule has 26 heavy (non-hydrogen) atoms. The molecule has 1 atom stereocenters. The summed E-state index contributed by atoms with van der Waals surface area (Å²) in [4.78, 5) is 17.0. The van der Waals surface area contributed by atoms with Crippen LogP contribution in [0.5, 0.6) is 0 Å². The quantitative estimate of drug-likeness (QED) is 0.599. The van der Waals surface area contributed by atoms with Gasteiger partial charge in [0.25, 0.3) is 5.76 Å². The van der Waals surface area contributed by atoms with Gasteiger partial charge in [-0.25, -0.2) is 4.98 Å². The number of amides is 1. The first kappa shape index (κ1) is 18.2. The smallest absolute Gasteiger partial charge is 0.288 e. The molecular formula is C18H17F2N3O2S. The molecule has 0 unspecified atom stereocenters. The fraction of sp³-hybridized carbons (Fsp3) is 0.222. The van der Waals surface area contributed by atoms with Crippen LogP contribution in [0.2, 0.25) is 0 Å². The lowest BCUT2D eigenvalue weighted by Crippen LogP contribution is -2.31. The molecule has 2 N–H and O–H groups in total. The molecule has 3 rings (SSSR count). The predicted molar refractivity (Wildman–Crippen MR) is 98.8 cm³/mol. The third-order valence-electron chi connectivity index (χ3n) is 3.62. The Morgan fingerprint density at radius 2 is 1.85 bits per heavy atom. The van der Waals surface area contributed by atoms with Gasteiger partial charge in [-0.1, -0.05) is 11.8 Å². The molecule has 8 heteroatoms. The summed E-state index contributed by atoms with van der Waals surface area (Å²) in [6.45, 7) is 3.50. The zero-order chi connectivity index (χ0) is 18.7. The molecule has 2 aromatic carbocycles. The summed E-state index contributed by atoms with van der Waals surface area (Å²) in [5, 5.41) is 5.86. The highest BCUT2D eigenvalue weighted by atomic mass is 32.2. The number of halogens is 2. The molecule has 1 amide bonds. The minimum absolute atomic E-state index is 0.240. The molecule has 0 aliphatic rings. The zero-order valence-electron chi connectivity index (χ0n) is 14.1. The number of benzene rings is 2. The zero-order valence-corrected chi connectivity index (χ0v) is 14.9. The molecule has 5 nitrogen and oxygen atoms in total. The number of carbonyl (C=O) groups is 1. The lowest BCUT2D eigenvalue weighted by molar-refractivity contribution is -0.116. The van der Waals surface area contributed by atoms with Gasteiger partial charge in [0.15, 0.2) is 11.5 Å². The second-order valence-electron chi connectivity index (χ2n) is 5.67. The van der Waals surface area contributed by atoms with Gasteiger partial charge in [0, 0.05) is 23.2 Å². The molecule has 0 fully saturated rings. The maximum absolute atomic E-state index is 12.3. The van der Waals surface area contributed by atoms with E-state index in [1.807, 2.05) is 12.1 Å². The van der Waals surface area contributed by atoms with Crippen molar-refractivity contribution in [2.45, 2.75) is 30.5 Å². The molecule has 0 aliphatic heterocycles. The van der Waals surface area contributed by atoms with Gasteiger partial charge < -0.3 is 15.1 Å². The highest BCUT2D eigenvalue weighted by molar-refractivity contribution is 7.99. The number of alkyl halides is 2. The Balaban J connectivity index is 1.61. The molecule has 0 saturated heterocycles. The van der Waals surface area contributed by atoms with E-state index in [4.69, 9.17) is 4.42 Å². The summed E-state index contributed by atoms with van der Waals surface area (Å²) in [5.41, 5.74) is 2.70. The highest BCUT2D eigenvalue weighted by Gasteiger charge is 2.14. The lowest BCUT2D eigenvalue weighted by Gasteiger charge is -2.15. The van der Waals surface area contributed by atoms with Crippen LogP contribution in [0.1, 0.15) is 12.8 Å². The summed E-state index contributed by atoms with van der Waals surface area (Å²) in [7, 11) is 0. The SMILES string of the molecule is Cc1nc2cc(N[C@H](C)C(=O)Nc3ccc(SC(F)F)cc3)ccc2o1. The molecule has 3 aromatic rings. The van der Waals surface area contributed by atoms with E-state index in [0.717, 1.165) is 5.69 Å². The van der Waals surface area contributed by atoms with Crippen LogP contribution < -0.4 is 10.6 Å². The second kappa shape index (κ2) is 7.74. The third kappa shape index (κ3) is 4.51. The van der Waals surface area contributed by atoms with Crippen molar-refractivity contribution in [2.75, 3.05) is 10.6 Å². The standard InChI is InChI=1S/C18H17F2N3O2S/c1-10(21-13-5-8-16-15(9-13)22-11(2)25-16)17(24)23-12-3-6-14(7-4-12)26-18(19)20/h3-10,18,21H,1-2H3,(H,23,24)/t10-/m1/s1. The van der Waals surface area contributed by atoms with Gasteiger partial charge in [0.2, 0.25) is 5.91 Å². The van der Waals surface area contributed by atoms with Crippen molar-refractivity contribution < 1.29 is 18.0 Å². The van der Waals surface area contributed by atoms with E-state index >= 15 is 0 Å². The van der Waals surface area contributed by atoms with Crippen LogP contribution in [0.25, 0.3) is 11.1 Å². The van der Waals surface area contributed by atoms with Crippen molar-refractivity contribution in [3.05, 3.63) is 48.4 Å². The number of aryl methyl sites for hydroxylation is 1. The van der Waals surface area contributed by atoms with Crippen molar-refractivity contribution >= 4 is 40.1 Å². The van der Waals surface area contributed by atoms with Crippen molar-refractivity contribution in [1.82, 2.24) is 4.98 Å². The van der Waals surface area contributed by atoms with E-state index in [-0.39, 0.29) is 5.91 Å². The van der Waals surface area contributed by atoms with Gasteiger partial charge in [-0.2, -0.15) is 8.78 Å². The number of aromatic nitrogens is 1. The van der Waals surface area contributed by atoms with E-state index in [1.54, 1.807) is 44.2 Å². The van der Waals surface area contributed by atoms with Crippen LogP contribution in [-0.4, -0.2) is 22.7 Å². The molecule has 0 bridgehead atoms. The fourth-order valence-electron chi connectivity index (χ4n) is 2.42. The Kier molecular flexibility index (Phi) is 5.41. The number of fused-ring (bicyclic) bond motifs is 1. The minimum Gasteiger partial charge on any atom is -0.441 e. The number of nitrogens with zero attached hydrogens (tertiary/aromatic N) is 1. The Hall–Kier alpha value is -2.61. The van der Waals surface area contributed by atoms with Gasteiger partial charge in [0.1, 0.15) is 11.6 Å². The first-order valence-electron chi connectivity index (χ1n) is 7.90. The Labute approximate surface area is 153 Å². The van der Waals surface area contributed by atoms with E-state index in [2.05, 4.69) is 15.6 Å². The molecule has 1 aromatic heterocycles. The molecule has 0 spiro atoms. The van der Waals surface area contributed by atoms with Gasteiger partial charge >= 0.3 is 0 Å². The topological polar surface area (TPSA) is 67.2 Å². The number of thioether (sulfide) groups is 1. The molecule has 0 saturated carbocycles. The summed E-state index contributed by atoms with van der Waals surface area (Å²) in [5.74, 6) is -2.13.